The molecule has 1 aromatic heterocycles. The summed E-state index contributed by atoms with van der Waals surface area (Å²) in [5.41, 5.74) is 5.73. The zero-order valence-electron chi connectivity index (χ0n) is 17.4. The van der Waals surface area contributed by atoms with Crippen LogP contribution in [0.15, 0.2) is 28.8 Å². The molecule has 3 atom stereocenters. The summed E-state index contributed by atoms with van der Waals surface area (Å²) in [4.78, 5) is 17.3. The SMILES string of the molecule is CCOC1CC(N)(C(=O)NC(C)c2nc(-c3cccc(OC)c3)no2)C1(C)C.Cl. The molecule has 0 spiro atoms. The number of carbonyl (C=O) groups excluding carboxylic acids is 1. The van der Waals surface area contributed by atoms with Crippen molar-refractivity contribution in [1.29, 1.82) is 0 Å². The maximum Gasteiger partial charge on any atom is 0.249 e. The number of rotatable bonds is 7. The highest BCUT2D eigenvalue weighted by Crippen LogP contribution is 2.50. The van der Waals surface area contributed by atoms with Crippen LogP contribution in [-0.4, -0.2) is 41.4 Å². The summed E-state index contributed by atoms with van der Waals surface area (Å²) in [7, 11) is 1.60. The molecule has 9 heteroatoms. The van der Waals surface area contributed by atoms with Crippen LogP contribution in [0.4, 0.5) is 0 Å². The molecule has 1 aliphatic carbocycles. The van der Waals surface area contributed by atoms with Crippen LogP contribution in [0.5, 0.6) is 5.75 Å². The molecule has 1 aliphatic rings. The minimum atomic E-state index is -1.00. The van der Waals surface area contributed by atoms with Gasteiger partial charge in [0.25, 0.3) is 0 Å². The van der Waals surface area contributed by atoms with Crippen molar-refractivity contribution in [3.8, 4) is 17.1 Å². The van der Waals surface area contributed by atoms with E-state index in [-0.39, 0.29) is 24.4 Å². The summed E-state index contributed by atoms with van der Waals surface area (Å²) in [6, 6.07) is 6.89. The normalized spacial score (nSPS) is 23.4. The molecule has 160 valence electrons. The monoisotopic (exact) mass is 424 g/mol. The summed E-state index contributed by atoms with van der Waals surface area (Å²) in [6.45, 7) is 8.22. The third-order valence-electron chi connectivity index (χ3n) is 5.72. The Morgan fingerprint density at radius 2 is 2.17 bits per heavy atom. The largest absolute Gasteiger partial charge is 0.497 e. The van der Waals surface area contributed by atoms with Gasteiger partial charge in [0.05, 0.1) is 13.2 Å². The number of halogens is 1. The predicted octanol–water partition coefficient (Wildman–Crippen LogP) is 2.88. The first-order valence-corrected chi connectivity index (χ1v) is 9.42. The molecular formula is C20H29ClN4O4. The number of methoxy groups -OCH3 is 1. The van der Waals surface area contributed by atoms with Crippen LogP contribution in [0.3, 0.4) is 0 Å². The summed E-state index contributed by atoms with van der Waals surface area (Å²) in [5.74, 6) is 1.19. The molecule has 0 aliphatic heterocycles. The minimum absolute atomic E-state index is 0. The van der Waals surface area contributed by atoms with Crippen LogP contribution in [0.1, 0.15) is 46.0 Å². The first-order valence-electron chi connectivity index (χ1n) is 9.42. The van der Waals surface area contributed by atoms with Crippen molar-refractivity contribution in [2.24, 2.45) is 11.1 Å². The summed E-state index contributed by atoms with van der Waals surface area (Å²) >= 11 is 0. The van der Waals surface area contributed by atoms with Gasteiger partial charge in [0.1, 0.15) is 17.3 Å². The molecule has 1 amide bonds. The summed E-state index contributed by atoms with van der Waals surface area (Å²) in [6.07, 6.45) is 0.442. The number of benzene rings is 1. The zero-order chi connectivity index (χ0) is 20.5. The van der Waals surface area contributed by atoms with Crippen molar-refractivity contribution in [2.45, 2.75) is 51.8 Å². The highest BCUT2D eigenvalue weighted by atomic mass is 35.5. The van der Waals surface area contributed by atoms with Gasteiger partial charge in [0.2, 0.25) is 17.6 Å². The number of nitrogens with two attached hydrogens (primary N) is 1. The fourth-order valence-corrected chi connectivity index (χ4v) is 3.50. The predicted molar refractivity (Wildman–Crippen MR) is 111 cm³/mol. The maximum atomic E-state index is 12.9. The second-order valence-corrected chi connectivity index (χ2v) is 7.72. The number of ether oxygens (including phenoxy) is 2. The highest BCUT2D eigenvalue weighted by molar-refractivity contribution is 5.89. The standard InChI is InChI=1S/C20H28N4O4.ClH/c1-6-27-15-11-20(21,19(15,3)4)18(25)22-12(2)17-23-16(24-28-17)13-8-7-9-14(10-13)26-5;/h7-10,12,15H,6,11,21H2,1-5H3,(H,22,25);1H. The average molecular weight is 425 g/mol. The van der Waals surface area contributed by atoms with Gasteiger partial charge in [-0.1, -0.05) is 31.1 Å². The molecule has 1 heterocycles. The van der Waals surface area contributed by atoms with Gasteiger partial charge >= 0.3 is 0 Å². The minimum Gasteiger partial charge on any atom is -0.497 e. The van der Waals surface area contributed by atoms with E-state index < -0.39 is 17.0 Å². The first kappa shape index (κ1) is 23.1. The van der Waals surface area contributed by atoms with Gasteiger partial charge in [-0.05, 0) is 26.0 Å². The van der Waals surface area contributed by atoms with Crippen LogP contribution in [0.2, 0.25) is 0 Å². The van der Waals surface area contributed by atoms with E-state index in [4.69, 9.17) is 19.7 Å². The number of aromatic nitrogens is 2. The van der Waals surface area contributed by atoms with E-state index in [0.29, 0.717) is 30.5 Å². The third-order valence-corrected chi connectivity index (χ3v) is 5.72. The topological polar surface area (TPSA) is 112 Å². The van der Waals surface area contributed by atoms with Crippen LogP contribution in [-0.2, 0) is 9.53 Å². The smallest absolute Gasteiger partial charge is 0.249 e. The van der Waals surface area contributed by atoms with Gasteiger partial charge in [-0.3, -0.25) is 4.79 Å². The van der Waals surface area contributed by atoms with Crippen molar-refractivity contribution in [3.63, 3.8) is 0 Å². The second kappa shape index (κ2) is 8.69. The molecule has 8 nitrogen and oxygen atoms in total. The van der Waals surface area contributed by atoms with E-state index >= 15 is 0 Å². The molecule has 0 saturated heterocycles. The molecule has 1 saturated carbocycles. The van der Waals surface area contributed by atoms with E-state index in [9.17, 15) is 4.79 Å². The molecule has 1 aromatic carbocycles. The van der Waals surface area contributed by atoms with Crippen molar-refractivity contribution in [2.75, 3.05) is 13.7 Å². The molecule has 3 unspecified atom stereocenters. The molecule has 3 N–H and O–H groups in total. The van der Waals surface area contributed by atoms with E-state index in [1.165, 1.54) is 0 Å². The fraction of sp³-hybridized carbons (Fsp3) is 0.550. The van der Waals surface area contributed by atoms with Crippen LogP contribution in [0, 0.1) is 5.41 Å². The first-order chi connectivity index (χ1) is 13.2. The summed E-state index contributed by atoms with van der Waals surface area (Å²) in [5, 5.41) is 6.91. The van der Waals surface area contributed by atoms with E-state index in [1.54, 1.807) is 14.0 Å². The molecule has 0 bridgehead atoms. The van der Waals surface area contributed by atoms with Gasteiger partial charge in [0, 0.05) is 24.0 Å². The lowest BCUT2D eigenvalue weighted by molar-refractivity contribution is -0.171. The quantitative estimate of drug-likeness (QED) is 0.702. The van der Waals surface area contributed by atoms with E-state index in [0.717, 1.165) is 5.56 Å². The number of carbonyl (C=O) groups is 1. The Hall–Kier alpha value is -2.16. The molecule has 3 rings (SSSR count). The van der Waals surface area contributed by atoms with E-state index in [1.807, 2.05) is 45.0 Å². The van der Waals surface area contributed by atoms with Crippen molar-refractivity contribution >= 4 is 18.3 Å². The number of nitrogens with zero attached hydrogens (tertiary/aromatic N) is 2. The Morgan fingerprint density at radius 1 is 1.45 bits per heavy atom. The maximum absolute atomic E-state index is 12.9. The molecule has 29 heavy (non-hydrogen) atoms. The highest BCUT2D eigenvalue weighted by Gasteiger charge is 2.63. The van der Waals surface area contributed by atoms with Crippen LogP contribution >= 0.6 is 12.4 Å². The Morgan fingerprint density at radius 3 is 2.79 bits per heavy atom. The molecular weight excluding hydrogens is 396 g/mol. The Labute approximate surface area is 176 Å². The number of hydrogen-bond acceptors (Lipinski definition) is 7. The fourth-order valence-electron chi connectivity index (χ4n) is 3.50. The zero-order valence-corrected chi connectivity index (χ0v) is 18.2. The summed E-state index contributed by atoms with van der Waals surface area (Å²) < 4.78 is 16.3. The van der Waals surface area contributed by atoms with Crippen LogP contribution < -0.4 is 15.8 Å². The Bertz CT molecular complexity index is 857. The van der Waals surface area contributed by atoms with Gasteiger partial charge in [-0.25, -0.2) is 0 Å². The molecule has 1 fully saturated rings. The van der Waals surface area contributed by atoms with Gasteiger partial charge in [-0.2, -0.15) is 4.98 Å². The van der Waals surface area contributed by atoms with Gasteiger partial charge < -0.3 is 25.0 Å². The van der Waals surface area contributed by atoms with Gasteiger partial charge in [0.15, 0.2) is 0 Å². The van der Waals surface area contributed by atoms with E-state index in [2.05, 4.69) is 15.5 Å². The number of amides is 1. The van der Waals surface area contributed by atoms with Crippen molar-refractivity contribution in [3.05, 3.63) is 30.2 Å². The second-order valence-electron chi connectivity index (χ2n) is 7.72. The Kier molecular flexibility index (Phi) is 6.93. The van der Waals surface area contributed by atoms with Crippen molar-refractivity contribution in [1.82, 2.24) is 15.5 Å². The lowest BCUT2D eigenvalue weighted by Crippen LogP contribution is -2.75. The average Bonchev–Trinajstić information content (AvgIpc) is 3.18. The van der Waals surface area contributed by atoms with Crippen molar-refractivity contribution < 1.29 is 18.8 Å². The number of hydrogen-bond donors (Lipinski definition) is 2. The Balaban J connectivity index is 0.00000300. The van der Waals surface area contributed by atoms with Crippen LogP contribution in [0.25, 0.3) is 11.4 Å². The molecule has 2 aromatic rings. The number of nitrogens with one attached hydrogen (secondary N) is 1. The molecule has 0 radical (unpaired) electrons. The third kappa shape index (κ3) is 4.10. The lowest BCUT2D eigenvalue weighted by atomic mass is 9.54. The van der Waals surface area contributed by atoms with Gasteiger partial charge in [-0.15, -0.1) is 12.4 Å². The lowest BCUT2D eigenvalue weighted by Gasteiger charge is -2.57.